The zero-order valence-corrected chi connectivity index (χ0v) is 9.51. The Morgan fingerprint density at radius 1 is 1.62 bits per heavy atom. The van der Waals surface area contributed by atoms with Gasteiger partial charge >= 0.3 is 0 Å². The molecule has 0 aliphatic heterocycles. The highest BCUT2D eigenvalue weighted by Crippen LogP contribution is 2.20. The van der Waals surface area contributed by atoms with Crippen molar-refractivity contribution < 1.29 is 4.79 Å². The maximum absolute atomic E-state index is 11.2. The molecule has 0 bridgehead atoms. The molecule has 0 radical (unpaired) electrons. The van der Waals surface area contributed by atoms with Crippen molar-refractivity contribution in [1.82, 2.24) is 4.98 Å². The van der Waals surface area contributed by atoms with Crippen LogP contribution in [0.1, 0.15) is 10.6 Å². The molecule has 0 saturated heterocycles. The zero-order valence-electron chi connectivity index (χ0n) is 7.88. The third-order valence-electron chi connectivity index (χ3n) is 1.55. The summed E-state index contributed by atoms with van der Waals surface area (Å²) in [7, 11) is 0. The molecule has 0 fully saturated rings. The molecule has 1 heterocycles. The largest absolute Gasteiger partial charge is 0.301 e. The second kappa shape index (κ2) is 4.62. The van der Waals surface area contributed by atoms with Crippen molar-refractivity contribution in [1.29, 1.82) is 0 Å². The molecule has 13 heavy (non-hydrogen) atoms. The minimum absolute atomic E-state index is 0.0150. The van der Waals surface area contributed by atoms with Crippen molar-refractivity contribution >= 4 is 34.1 Å². The first-order valence-electron chi connectivity index (χ1n) is 3.86. The molecule has 0 saturated carbocycles. The van der Waals surface area contributed by atoms with Crippen molar-refractivity contribution in [3.63, 3.8) is 0 Å². The molecule has 1 aromatic heterocycles. The van der Waals surface area contributed by atoms with Crippen LogP contribution in [0.5, 0.6) is 0 Å². The van der Waals surface area contributed by atoms with Crippen molar-refractivity contribution in [2.45, 2.75) is 13.8 Å². The van der Waals surface area contributed by atoms with Crippen molar-refractivity contribution in [3.8, 4) is 0 Å². The standard InChI is InChI=1S/C8H12N2OS2/c1-5-6(2)13-8(9-5)10-7(11)4-12-3/h4H2,1-3H3,(H,9,10,11). The van der Waals surface area contributed by atoms with Crippen molar-refractivity contribution in [2.75, 3.05) is 17.3 Å². The fourth-order valence-electron chi connectivity index (χ4n) is 0.813. The summed E-state index contributed by atoms with van der Waals surface area (Å²) >= 11 is 3.02. The van der Waals surface area contributed by atoms with Gasteiger partial charge in [0.2, 0.25) is 5.91 Å². The van der Waals surface area contributed by atoms with E-state index in [1.165, 1.54) is 23.1 Å². The number of rotatable bonds is 3. The molecule has 1 N–H and O–H groups in total. The first-order valence-corrected chi connectivity index (χ1v) is 6.07. The monoisotopic (exact) mass is 216 g/mol. The van der Waals surface area contributed by atoms with E-state index in [4.69, 9.17) is 0 Å². The van der Waals surface area contributed by atoms with Crippen LogP contribution in [0.4, 0.5) is 5.13 Å². The molecular weight excluding hydrogens is 204 g/mol. The molecule has 0 unspecified atom stereocenters. The lowest BCUT2D eigenvalue weighted by molar-refractivity contribution is -0.113. The highest BCUT2D eigenvalue weighted by atomic mass is 32.2. The number of anilines is 1. The number of carbonyl (C=O) groups excluding carboxylic acids is 1. The van der Waals surface area contributed by atoms with Gasteiger partial charge in [-0.15, -0.1) is 11.3 Å². The molecule has 3 nitrogen and oxygen atoms in total. The summed E-state index contributed by atoms with van der Waals surface area (Å²) in [4.78, 5) is 16.5. The highest BCUT2D eigenvalue weighted by molar-refractivity contribution is 7.99. The second-order valence-corrected chi connectivity index (χ2v) is 4.71. The molecule has 0 aliphatic carbocycles. The molecule has 72 valence electrons. The molecular formula is C8H12N2OS2. The summed E-state index contributed by atoms with van der Waals surface area (Å²) in [6, 6.07) is 0. The first-order chi connectivity index (χ1) is 6.13. The third kappa shape index (κ3) is 3.00. The molecule has 0 spiro atoms. The van der Waals surface area contributed by atoms with Gasteiger partial charge in [-0.3, -0.25) is 4.79 Å². The molecule has 1 aromatic rings. The van der Waals surface area contributed by atoms with Crippen LogP contribution in [0, 0.1) is 13.8 Å². The van der Waals surface area contributed by atoms with E-state index in [9.17, 15) is 4.79 Å². The van der Waals surface area contributed by atoms with E-state index in [1.807, 2.05) is 20.1 Å². The lowest BCUT2D eigenvalue weighted by Gasteiger charge is -1.97. The first kappa shape index (κ1) is 10.5. The Kier molecular flexibility index (Phi) is 3.74. The lowest BCUT2D eigenvalue weighted by atomic mass is 10.4. The third-order valence-corrected chi connectivity index (χ3v) is 3.09. The summed E-state index contributed by atoms with van der Waals surface area (Å²) in [5.41, 5.74) is 0.990. The number of amides is 1. The number of aryl methyl sites for hydroxylation is 2. The predicted octanol–water partition coefficient (Wildman–Crippen LogP) is 2.06. The Labute approximate surface area is 86.0 Å². The van der Waals surface area contributed by atoms with Gasteiger partial charge in [0.05, 0.1) is 11.4 Å². The zero-order chi connectivity index (χ0) is 9.84. The maximum atomic E-state index is 11.2. The maximum Gasteiger partial charge on any atom is 0.236 e. The molecule has 5 heteroatoms. The number of aromatic nitrogens is 1. The van der Waals surface area contributed by atoms with Crippen LogP contribution in [0.2, 0.25) is 0 Å². The summed E-state index contributed by atoms with van der Waals surface area (Å²) in [6.07, 6.45) is 1.90. The number of nitrogens with zero attached hydrogens (tertiary/aromatic N) is 1. The quantitative estimate of drug-likeness (QED) is 0.841. The minimum Gasteiger partial charge on any atom is -0.301 e. The van der Waals surface area contributed by atoms with E-state index >= 15 is 0 Å². The van der Waals surface area contributed by atoms with Crippen molar-refractivity contribution in [2.24, 2.45) is 0 Å². The highest BCUT2D eigenvalue weighted by Gasteiger charge is 2.06. The van der Waals surface area contributed by atoms with Gasteiger partial charge in [-0.25, -0.2) is 4.98 Å². The molecule has 0 aromatic carbocycles. The van der Waals surface area contributed by atoms with Gasteiger partial charge in [-0.2, -0.15) is 11.8 Å². The molecule has 0 atom stereocenters. The van der Waals surface area contributed by atoms with Crippen LogP contribution >= 0.6 is 23.1 Å². The van der Waals surface area contributed by atoms with Crippen LogP contribution < -0.4 is 5.32 Å². The van der Waals surface area contributed by atoms with Crippen LogP contribution in [0.15, 0.2) is 0 Å². The second-order valence-electron chi connectivity index (χ2n) is 2.64. The average molecular weight is 216 g/mol. The summed E-state index contributed by atoms with van der Waals surface area (Å²) in [5.74, 6) is 0.499. The van der Waals surface area contributed by atoms with E-state index < -0.39 is 0 Å². The Morgan fingerprint density at radius 2 is 2.31 bits per heavy atom. The molecule has 0 aliphatic rings. The van der Waals surface area contributed by atoms with Gasteiger partial charge < -0.3 is 5.32 Å². The Balaban J connectivity index is 2.59. The van der Waals surface area contributed by atoms with Gasteiger partial charge in [0, 0.05) is 4.88 Å². The number of thioether (sulfide) groups is 1. The summed E-state index contributed by atoms with van der Waals surface area (Å²) in [6.45, 7) is 3.94. The number of thiazole rings is 1. The van der Waals surface area contributed by atoms with Crippen LogP contribution in [-0.4, -0.2) is 22.9 Å². The SMILES string of the molecule is CSCC(=O)Nc1nc(C)c(C)s1. The van der Waals surface area contributed by atoms with Gasteiger partial charge in [0.1, 0.15) is 0 Å². The minimum atomic E-state index is 0.0150. The van der Waals surface area contributed by atoms with Crippen LogP contribution in [0.25, 0.3) is 0 Å². The summed E-state index contributed by atoms with van der Waals surface area (Å²) in [5, 5.41) is 3.45. The normalized spacial score (nSPS) is 10.1. The lowest BCUT2D eigenvalue weighted by Crippen LogP contribution is -2.13. The van der Waals surface area contributed by atoms with Gasteiger partial charge in [0.15, 0.2) is 5.13 Å². The van der Waals surface area contributed by atoms with Crippen LogP contribution in [-0.2, 0) is 4.79 Å². The van der Waals surface area contributed by atoms with E-state index in [0.29, 0.717) is 10.9 Å². The molecule has 1 rings (SSSR count). The van der Waals surface area contributed by atoms with Crippen LogP contribution in [0.3, 0.4) is 0 Å². The number of nitrogens with one attached hydrogen (secondary N) is 1. The smallest absolute Gasteiger partial charge is 0.236 e. The van der Waals surface area contributed by atoms with Crippen molar-refractivity contribution in [3.05, 3.63) is 10.6 Å². The van der Waals surface area contributed by atoms with Gasteiger partial charge in [0.25, 0.3) is 0 Å². The van der Waals surface area contributed by atoms with Gasteiger partial charge in [-0.1, -0.05) is 0 Å². The van der Waals surface area contributed by atoms with E-state index in [0.717, 1.165) is 10.6 Å². The fraction of sp³-hybridized carbons (Fsp3) is 0.500. The fourth-order valence-corrected chi connectivity index (χ4v) is 1.98. The Hall–Kier alpha value is -0.550. The topological polar surface area (TPSA) is 42.0 Å². The van der Waals surface area contributed by atoms with Gasteiger partial charge in [-0.05, 0) is 20.1 Å². The van der Waals surface area contributed by atoms with E-state index in [1.54, 1.807) is 0 Å². The van der Waals surface area contributed by atoms with E-state index in [2.05, 4.69) is 10.3 Å². The van der Waals surface area contributed by atoms with E-state index in [-0.39, 0.29) is 5.91 Å². The Morgan fingerprint density at radius 3 is 2.77 bits per heavy atom. The number of hydrogen-bond acceptors (Lipinski definition) is 4. The number of carbonyl (C=O) groups is 1. The average Bonchev–Trinajstić information content (AvgIpc) is 2.31. The summed E-state index contributed by atoms with van der Waals surface area (Å²) < 4.78 is 0. The predicted molar refractivity (Wildman–Crippen MR) is 58.6 cm³/mol. The number of hydrogen-bond donors (Lipinski definition) is 1. The Bertz CT molecular complexity index is 290. The molecule has 1 amide bonds.